The number of rotatable bonds is 11. The number of likely N-dealkylation sites (tertiary alicyclic amines) is 1. The molecule has 1 unspecified atom stereocenters. The monoisotopic (exact) mass is 529 g/mol. The zero-order chi connectivity index (χ0) is 26.1. The number of allylic oxidation sites excluding steroid dienone is 1. The zero-order valence-electron chi connectivity index (χ0n) is 21.5. The van der Waals surface area contributed by atoms with Gasteiger partial charge >= 0.3 is 0 Å². The van der Waals surface area contributed by atoms with Crippen LogP contribution in [-0.4, -0.2) is 43.4 Å². The highest BCUT2D eigenvalue weighted by Gasteiger charge is 2.20. The summed E-state index contributed by atoms with van der Waals surface area (Å²) in [7, 11) is 3.88. The first-order valence-corrected chi connectivity index (χ1v) is 13.5. The van der Waals surface area contributed by atoms with Crippen LogP contribution in [0.1, 0.15) is 44.6 Å². The normalized spacial score (nSPS) is 16.0. The van der Waals surface area contributed by atoms with E-state index in [0.717, 1.165) is 37.4 Å². The quantitative estimate of drug-likeness (QED) is 0.185. The van der Waals surface area contributed by atoms with Gasteiger partial charge in [0.05, 0.1) is 23.2 Å². The molecule has 0 bridgehead atoms. The number of carbonyl (C=O) groups is 1. The standard InChI is InChI=1S/C28H36ClN3O3S/c1-6-24(29)28(35-23-10-8-9-22(18-23)31-27(33)7-2)36-19(3)30-25-12-11-21(17-26(25)34-5)20-13-15-32(4)16-14-20/h7-12,17-20,30H,2,6,13-16H2,1,3-5H3,(H,31,33)/b28-24+. The summed E-state index contributed by atoms with van der Waals surface area (Å²) < 4.78 is 11.9. The van der Waals surface area contributed by atoms with Crippen molar-refractivity contribution in [2.75, 3.05) is 37.9 Å². The van der Waals surface area contributed by atoms with Crippen molar-refractivity contribution in [3.63, 3.8) is 0 Å². The van der Waals surface area contributed by atoms with Crippen LogP contribution >= 0.6 is 23.4 Å². The largest absolute Gasteiger partial charge is 0.495 e. The van der Waals surface area contributed by atoms with E-state index in [1.54, 1.807) is 19.2 Å². The third-order valence-corrected chi connectivity index (χ3v) is 7.65. The average Bonchev–Trinajstić information content (AvgIpc) is 2.88. The van der Waals surface area contributed by atoms with Gasteiger partial charge in [-0.05, 0) is 88.1 Å². The van der Waals surface area contributed by atoms with E-state index in [1.807, 2.05) is 19.1 Å². The van der Waals surface area contributed by atoms with Gasteiger partial charge in [0.2, 0.25) is 5.91 Å². The molecule has 36 heavy (non-hydrogen) atoms. The van der Waals surface area contributed by atoms with Gasteiger partial charge in [0.15, 0.2) is 5.09 Å². The summed E-state index contributed by atoms with van der Waals surface area (Å²) in [5.41, 5.74) is 2.87. The number of piperidine rings is 1. The van der Waals surface area contributed by atoms with Gasteiger partial charge in [0.25, 0.3) is 0 Å². The van der Waals surface area contributed by atoms with Gasteiger partial charge in [-0.2, -0.15) is 0 Å². The molecule has 1 atom stereocenters. The van der Waals surface area contributed by atoms with Crippen molar-refractivity contribution in [2.24, 2.45) is 0 Å². The summed E-state index contributed by atoms with van der Waals surface area (Å²) >= 11 is 8.04. The van der Waals surface area contributed by atoms with Gasteiger partial charge in [-0.1, -0.05) is 49.0 Å². The molecule has 0 radical (unpaired) electrons. The molecule has 8 heteroatoms. The number of benzene rings is 2. The fraction of sp³-hybridized carbons (Fsp3) is 0.393. The number of nitrogens with one attached hydrogen (secondary N) is 2. The molecule has 1 saturated heterocycles. The highest BCUT2D eigenvalue weighted by molar-refractivity contribution is 8.03. The molecule has 1 aliphatic heterocycles. The van der Waals surface area contributed by atoms with Crippen LogP contribution in [0.5, 0.6) is 11.5 Å². The van der Waals surface area contributed by atoms with Gasteiger partial charge in [-0.15, -0.1) is 0 Å². The first-order chi connectivity index (χ1) is 17.3. The molecule has 2 N–H and O–H groups in total. The summed E-state index contributed by atoms with van der Waals surface area (Å²) in [5, 5.41) is 7.45. The highest BCUT2D eigenvalue weighted by atomic mass is 35.5. The Labute approximate surface area is 224 Å². The van der Waals surface area contributed by atoms with Gasteiger partial charge < -0.3 is 25.0 Å². The van der Waals surface area contributed by atoms with Gasteiger partial charge in [0.1, 0.15) is 11.5 Å². The number of anilines is 2. The fourth-order valence-corrected chi connectivity index (χ4v) is 5.15. The predicted octanol–water partition coefficient (Wildman–Crippen LogP) is 7.02. The molecule has 1 aliphatic rings. The van der Waals surface area contributed by atoms with E-state index >= 15 is 0 Å². The molecular weight excluding hydrogens is 494 g/mol. The molecule has 0 spiro atoms. The third-order valence-electron chi connectivity index (χ3n) is 6.09. The lowest BCUT2D eigenvalue weighted by Crippen LogP contribution is -2.29. The minimum Gasteiger partial charge on any atom is -0.495 e. The van der Waals surface area contributed by atoms with Crippen molar-refractivity contribution >= 4 is 40.6 Å². The number of methoxy groups -OCH3 is 1. The van der Waals surface area contributed by atoms with Crippen molar-refractivity contribution in [1.29, 1.82) is 0 Å². The smallest absolute Gasteiger partial charge is 0.247 e. The summed E-state index contributed by atoms with van der Waals surface area (Å²) in [6.45, 7) is 9.76. The van der Waals surface area contributed by atoms with E-state index in [9.17, 15) is 4.79 Å². The Bertz CT molecular complexity index is 1080. The molecule has 6 nitrogen and oxygen atoms in total. The number of nitrogens with zero attached hydrogens (tertiary/aromatic N) is 1. The van der Waals surface area contributed by atoms with Crippen LogP contribution in [0.15, 0.2) is 65.2 Å². The maximum atomic E-state index is 11.6. The number of halogens is 1. The second kappa shape index (κ2) is 13.6. The number of ether oxygens (including phenoxy) is 2. The Balaban J connectivity index is 1.69. The minimum absolute atomic E-state index is 0.0490. The van der Waals surface area contributed by atoms with Crippen LogP contribution in [-0.2, 0) is 4.79 Å². The van der Waals surface area contributed by atoms with Crippen molar-refractivity contribution in [3.8, 4) is 11.5 Å². The van der Waals surface area contributed by atoms with Gasteiger partial charge in [-0.3, -0.25) is 4.79 Å². The first-order valence-electron chi connectivity index (χ1n) is 12.2. The van der Waals surface area contributed by atoms with E-state index in [-0.39, 0.29) is 11.3 Å². The average molecular weight is 530 g/mol. The predicted molar refractivity (Wildman–Crippen MR) is 152 cm³/mol. The summed E-state index contributed by atoms with van der Waals surface area (Å²) in [5.74, 6) is 1.70. The first kappa shape index (κ1) is 28.0. The maximum Gasteiger partial charge on any atom is 0.247 e. The summed E-state index contributed by atoms with van der Waals surface area (Å²) in [4.78, 5) is 14.0. The van der Waals surface area contributed by atoms with E-state index in [4.69, 9.17) is 21.1 Å². The molecule has 2 aromatic carbocycles. The van der Waals surface area contributed by atoms with Crippen molar-refractivity contribution in [1.82, 2.24) is 4.90 Å². The van der Waals surface area contributed by atoms with Gasteiger partial charge in [0, 0.05) is 11.8 Å². The molecule has 194 valence electrons. The Kier molecular flexibility index (Phi) is 10.6. The minimum atomic E-state index is -0.280. The topological polar surface area (TPSA) is 62.8 Å². The van der Waals surface area contributed by atoms with Crippen LogP contribution in [0, 0.1) is 0 Å². The Morgan fingerprint density at radius 1 is 1.28 bits per heavy atom. The lowest BCUT2D eigenvalue weighted by molar-refractivity contribution is -0.111. The molecule has 0 aromatic heterocycles. The molecule has 1 amide bonds. The lowest BCUT2D eigenvalue weighted by Gasteiger charge is -2.29. The lowest BCUT2D eigenvalue weighted by atomic mass is 9.89. The van der Waals surface area contributed by atoms with Crippen molar-refractivity contribution in [3.05, 3.63) is 70.8 Å². The van der Waals surface area contributed by atoms with E-state index in [2.05, 4.69) is 54.3 Å². The van der Waals surface area contributed by atoms with Crippen LogP contribution in [0.2, 0.25) is 0 Å². The second-order valence-corrected chi connectivity index (χ2v) is 10.6. The Morgan fingerprint density at radius 3 is 2.69 bits per heavy atom. The molecular formula is C28H36ClN3O3S. The number of amides is 1. The summed E-state index contributed by atoms with van der Waals surface area (Å²) in [6.07, 6.45) is 4.19. The number of carbonyl (C=O) groups excluding carboxylic acids is 1. The third kappa shape index (κ3) is 7.95. The van der Waals surface area contributed by atoms with Crippen LogP contribution in [0.25, 0.3) is 0 Å². The molecule has 1 heterocycles. The van der Waals surface area contributed by atoms with Crippen molar-refractivity contribution < 1.29 is 14.3 Å². The fourth-order valence-electron chi connectivity index (χ4n) is 4.06. The molecule has 0 aliphatic carbocycles. The number of thioether (sulfide) groups is 1. The van der Waals surface area contributed by atoms with Crippen LogP contribution < -0.4 is 20.1 Å². The van der Waals surface area contributed by atoms with Crippen LogP contribution in [0.3, 0.4) is 0 Å². The SMILES string of the molecule is C=CC(=O)Nc1cccc(O/C(SC(C)Nc2ccc(C3CCN(C)CC3)cc2OC)=C(\Cl)CC)c1. The van der Waals surface area contributed by atoms with Gasteiger partial charge in [-0.25, -0.2) is 0 Å². The highest BCUT2D eigenvalue weighted by Crippen LogP contribution is 2.37. The zero-order valence-corrected chi connectivity index (χ0v) is 23.0. The maximum absolute atomic E-state index is 11.6. The molecule has 0 saturated carbocycles. The van der Waals surface area contributed by atoms with Crippen molar-refractivity contribution in [2.45, 2.75) is 44.4 Å². The van der Waals surface area contributed by atoms with E-state index < -0.39 is 0 Å². The van der Waals surface area contributed by atoms with E-state index in [1.165, 1.54) is 23.4 Å². The molecule has 1 fully saturated rings. The Morgan fingerprint density at radius 2 is 2.03 bits per heavy atom. The molecule has 2 aromatic rings. The van der Waals surface area contributed by atoms with E-state index in [0.29, 0.717) is 33.9 Å². The molecule has 3 rings (SSSR count). The second-order valence-electron chi connectivity index (χ2n) is 8.81. The number of hydrogen-bond acceptors (Lipinski definition) is 6. The Hall–Kier alpha value is -2.61. The number of hydrogen-bond donors (Lipinski definition) is 2. The van der Waals surface area contributed by atoms with Crippen LogP contribution in [0.4, 0.5) is 11.4 Å². The summed E-state index contributed by atoms with van der Waals surface area (Å²) in [6, 6.07) is 13.6.